The molecule has 0 aliphatic carbocycles. The maximum atomic E-state index is 12.4. The van der Waals surface area contributed by atoms with Gasteiger partial charge in [-0.1, -0.05) is 36.4 Å². The molecule has 0 aliphatic rings. The summed E-state index contributed by atoms with van der Waals surface area (Å²) in [6.45, 7) is 0.939. The minimum absolute atomic E-state index is 0.0230. The van der Waals surface area contributed by atoms with Crippen LogP contribution in [0.2, 0.25) is 0 Å². The smallest absolute Gasteiger partial charge is 0.255 e. The minimum Gasteiger partial charge on any atom is -0.360 e. The second-order valence-corrected chi connectivity index (χ2v) is 6.56. The molecule has 0 bridgehead atoms. The van der Waals surface area contributed by atoms with Gasteiger partial charge in [0.25, 0.3) is 5.91 Å². The average Bonchev–Trinajstić information content (AvgIpc) is 3.05. The lowest BCUT2D eigenvalue weighted by Gasteiger charge is -2.18. The van der Waals surface area contributed by atoms with Crippen molar-refractivity contribution in [2.75, 3.05) is 27.7 Å². The highest BCUT2D eigenvalue weighted by Gasteiger charge is 2.18. The first-order valence-electron chi connectivity index (χ1n) is 8.64. The number of aromatic amines is 1. The number of benzene rings is 2. The lowest BCUT2D eigenvalue weighted by atomic mass is 9.87. The first-order chi connectivity index (χ1) is 12.1. The normalized spacial score (nSPS) is 12.3. The van der Waals surface area contributed by atoms with Crippen LogP contribution in [0.4, 0.5) is 0 Å². The molecule has 3 rings (SSSR count). The van der Waals surface area contributed by atoms with Gasteiger partial charge in [-0.15, -0.1) is 0 Å². The van der Waals surface area contributed by atoms with Crippen molar-refractivity contribution < 1.29 is 4.79 Å². The number of aromatic nitrogens is 1. The van der Waals surface area contributed by atoms with Gasteiger partial charge in [-0.25, -0.2) is 0 Å². The van der Waals surface area contributed by atoms with Crippen molar-refractivity contribution in [3.63, 3.8) is 0 Å². The summed E-state index contributed by atoms with van der Waals surface area (Å²) in [7, 11) is 5.54. The number of hydrogen-bond donors (Lipinski definition) is 2. The van der Waals surface area contributed by atoms with Gasteiger partial charge in [0.1, 0.15) is 0 Å². The molecule has 0 fully saturated rings. The Morgan fingerprint density at radius 1 is 1.12 bits per heavy atom. The standard InChI is InChI=1S/C21H25N3O/c1-22-12-11-17(15-7-5-4-6-8-15)16-9-10-20-18(13-16)19(14-23-20)21(25)24(2)3/h4-10,13-14,17,22-23H,11-12H2,1-3H3. The minimum atomic E-state index is 0.0230. The molecular weight excluding hydrogens is 310 g/mol. The van der Waals surface area contributed by atoms with E-state index in [1.54, 1.807) is 19.0 Å². The van der Waals surface area contributed by atoms with Crippen molar-refractivity contribution in [1.82, 2.24) is 15.2 Å². The van der Waals surface area contributed by atoms with E-state index in [1.165, 1.54) is 11.1 Å². The van der Waals surface area contributed by atoms with Crippen LogP contribution in [0.25, 0.3) is 10.9 Å². The van der Waals surface area contributed by atoms with E-state index >= 15 is 0 Å². The number of hydrogen-bond acceptors (Lipinski definition) is 2. The Hall–Kier alpha value is -2.59. The van der Waals surface area contributed by atoms with Crippen LogP contribution in [-0.2, 0) is 0 Å². The van der Waals surface area contributed by atoms with E-state index in [9.17, 15) is 4.79 Å². The summed E-state index contributed by atoms with van der Waals surface area (Å²) in [5.41, 5.74) is 4.26. The van der Waals surface area contributed by atoms with E-state index in [-0.39, 0.29) is 5.91 Å². The van der Waals surface area contributed by atoms with Crippen LogP contribution in [0.3, 0.4) is 0 Å². The van der Waals surface area contributed by atoms with Crippen LogP contribution in [0.5, 0.6) is 0 Å². The summed E-state index contributed by atoms with van der Waals surface area (Å²) in [5, 5.41) is 4.24. The Labute approximate surface area is 148 Å². The fourth-order valence-electron chi connectivity index (χ4n) is 3.27. The molecule has 1 atom stereocenters. The molecule has 4 nitrogen and oxygen atoms in total. The third kappa shape index (κ3) is 3.59. The molecule has 0 aliphatic heterocycles. The van der Waals surface area contributed by atoms with Gasteiger partial charge in [-0.2, -0.15) is 0 Å². The molecule has 3 aromatic rings. The monoisotopic (exact) mass is 335 g/mol. The maximum absolute atomic E-state index is 12.4. The van der Waals surface area contributed by atoms with E-state index in [1.807, 2.05) is 19.3 Å². The van der Waals surface area contributed by atoms with Crippen LogP contribution in [0.1, 0.15) is 33.8 Å². The molecule has 4 heteroatoms. The molecular formula is C21H25N3O. The average molecular weight is 335 g/mol. The Bertz CT molecular complexity index is 852. The van der Waals surface area contributed by atoms with Crippen molar-refractivity contribution in [3.8, 4) is 0 Å². The number of rotatable bonds is 6. The van der Waals surface area contributed by atoms with Crippen LogP contribution in [-0.4, -0.2) is 43.5 Å². The molecule has 2 aromatic carbocycles. The van der Waals surface area contributed by atoms with Crippen LogP contribution in [0, 0.1) is 0 Å². The molecule has 130 valence electrons. The summed E-state index contributed by atoms with van der Waals surface area (Å²) in [5.74, 6) is 0.324. The lowest BCUT2D eigenvalue weighted by molar-refractivity contribution is 0.0829. The Balaban J connectivity index is 2.05. The molecule has 0 spiro atoms. The summed E-state index contributed by atoms with van der Waals surface area (Å²) < 4.78 is 0. The highest BCUT2D eigenvalue weighted by Crippen LogP contribution is 2.31. The topological polar surface area (TPSA) is 48.1 Å². The number of carbonyl (C=O) groups excluding carboxylic acids is 1. The Morgan fingerprint density at radius 2 is 1.88 bits per heavy atom. The largest absolute Gasteiger partial charge is 0.360 e. The number of amides is 1. The fraction of sp³-hybridized carbons (Fsp3) is 0.286. The number of H-pyrrole nitrogens is 1. The molecule has 1 unspecified atom stereocenters. The first-order valence-corrected chi connectivity index (χ1v) is 8.64. The van der Waals surface area contributed by atoms with Crippen molar-refractivity contribution >= 4 is 16.8 Å². The Morgan fingerprint density at radius 3 is 2.56 bits per heavy atom. The quantitative estimate of drug-likeness (QED) is 0.723. The number of fused-ring (bicyclic) bond motifs is 1. The second kappa shape index (κ2) is 7.53. The van der Waals surface area contributed by atoms with Crippen molar-refractivity contribution in [2.45, 2.75) is 12.3 Å². The van der Waals surface area contributed by atoms with E-state index in [0.717, 1.165) is 29.4 Å². The third-order valence-electron chi connectivity index (χ3n) is 4.63. The van der Waals surface area contributed by atoms with Crippen molar-refractivity contribution in [1.29, 1.82) is 0 Å². The zero-order chi connectivity index (χ0) is 17.8. The highest BCUT2D eigenvalue weighted by molar-refractivity contribution is 6.06. The van der Waals surface area contributed by atoms with Gasteiger partial charge in [0.2, 0.25) is 0 Å². The summed E-state index contributed by atoms with van der Waals surface area (Å²) in [4.78, 5) is 17.3. The van der Waals surface area contributed by atoms with Gasteiger partial charge in [0, 0.05) is 37.1 Å². The van der Waals surface area contributed by atoms with Gasteiger partial charge in [-0.05, 0) is 43.3 Å². The predicted octanol–water partition coefficient (Wildman–Crippen LogP) is 3.61. The number of carbonyl (C=O) groups is 1. The van der Waals surface area contributed by atoms with Crippen molar-refractivity contribution in [2.24, 2.45) is 0 Å². The Kier molecular flexibility index (Phi) is 5.19. The van der Waals surface area contributed by atoms with E-state index in [4.69, 9.17) is 0 Å². The lowest BCUT2D eigenvalue weighted by Crippen LogP contribution is -2.21. The fourth-order valence-corrected chi connectivity index (χ4v) is 3.27. The number of nitrogens with zero attached hydrogens (tertiary/aromatic N) is 1. The molecule has 1 aromatic heterocycles. The molecule has 0 radical (unpaired) electrons. The molecule has 1 heterocycles. The number of nitrogens with one attached hydrogen (secondary N) is 2. The SMILES string of the molecule is CNCCC(c1ccccc1)c1ccc2[nH]cc(C(=O)N(C)C)c2c1. The van der Waals surface area contributed by atoms with Crippen molar-refractivity contribution in [3.05, 3.63) is 71.4 Å². The van der Waals surface area contributed by atoms with E-state index < -0.39 is 0 Å². The van der Waals surface area contributed by atoms with Gasteiger partial charge >= 0.3 is 0 Å². The third-order valence-corrected chi connectivity index (χ3v) is 4.63. The van der Waals surface area contributed by atoms with Crippen LogP contribution < -0.4 is 5.32 Å². The van der Waals surface area contributed by atoms with Crippen LogP contribution in [0.15, 0.2) is 54.7 Å². The van der Waals surface area contributed by atoms with Gasteiger partial charge in [-0.3, -0.25) is 4.79 Å². The van der Waals surface area contributed by atoms with E-state index in [2.05, 4.69) is 52.8 Å². The predicted molar refractivity (Wildman–Crippen MR) is 103 cm³/mol. The molecule has 0 saturated carbocycles. The van der Waals surface area contributed by atoms with Gasteiger partial charge in [0.15, 0.2) is 0 Å². The molecule has 2 N–H and O–H groups in total. The molecule has 25 heavy (non-hydrogen) atoms. The maximum Gasteiger partial charge on any atom is 0.255 e. The highest BCUT2D eigenvalue weighted by atomic mass is 16.2. The van der Waals surface area contributed by atoms with Crippen LogP contribution >= 0.6 is 0 Å². The summed E-state index contributed by atoms with van der Waals surface area (Å²) in [6.07, 6.45) is 2.81. The second-order valence-electron chi connectivity index (χ2n) is 6.56. The zero-order valence-electron chi connectivity index (χ0n) is 15.0. The first kappa shape index (κ1) is 17.2. The summed E-state index contributed by atoms with van der Waals surface area (Å²) in [6, 6.07) is 17.0. The zero-order valence-corrected chi connectivity index (χ0v) is 15.0. The summed E-state index contributed by atoms with van der Waals surface area (Å²) >= 11 is 0. The molecule has 1 amide bonds. The van der Waals surface area contributed by atoms with Gasteiger partial charge < -0.3 is 15.2 Å². The molecule has 0 saturated heterocycles. The van der Waals surface area contributed by atoms with E-state index in [0.29, 0.717) is 5.92 Å². The van der Waals surface area contributed by atoms with Gasteiger partial charge in [0.05, 0.1) is 5.56 Å².